The van der Waals surface area contributed by atoms with Gasteiger partial charge in [0.1, 0.15) is 5.71 Å². The molecule has 0 spiro atoms. The highest BCUT2D eigenvalue weighted by atomic mass is 79.9. The topological polar surface area (TPSA) is 32.6 Å². The number of alkyl halides is 1. The number of hydrogen-bond acceptors (Lipinski definition) is 2. The summed E-state index contributed by atoms with van der Waals surface area (Å²) in [6.07, 6.45) is 0. The smallest absolute Gasteiger partial charge is 0.101 e. The van der Waals surface area contributed by atoms with E-state index in [1.54, 1.807) is 0 Å². The van der Waals surface area contributed by atoms with Gasteiger partial charge < -0.3 is 5.21 Å². The van der Waals surface area contributed by atoms with Crippen LogP contribution in [0.4, 0.5) is 0 Å². The average Bonchev–Trinajstić information content (AvgIpc) is 2.10. The Morgan fingerprint density at radius 1 is 1.42 bits per heavy atom. The first kappa shape index (κ1) is 9.55. The van der Waals surface area contributed by atoms with Crippen LogP contribution in [0.25, 0.3) is 0 Å². The van der Waals surface area contributed by atoms with E-state index in [0.717, 1.165) is 10.0 Å². The third-order valence-electron chi connectivity index (χ3n) is 1.42. The van der Waals surface area contributed by atoms with Gasteiger partial charge in [-0.05, 0) is 12.1 Å². The first-order valence-electron chi connectivity index (χ1n) is 3.30. The van der Waals surface area contributed by atoms with Crippen molar-refractivity contribution in [3.63, 3.8) is 0 Å². The first-order chi connectivity index (χ1) is 5.77. The lowest BCUT2D eigenvalue weighted by Crippen LogP contribution is -2.01. The van der Waals surface area contributed by atoms with Crippen molar-refractivity contribution < 1.29 is 5.21 Å². The van der Waals surface area contributed by atoms with Gasteiger partial charge in [0.25, 0.3) is 0 Å². The zero-order valence-electron chi connectivity index (χ0n) is 6.17. The Hall–Kier alpha value is -0.540. The number of nitrogens with zero attached hydrogens (tertiary/aromatic N) is 1. The van der Waals surface area contributed by atoms with Crippen LogP contribution < -0.4 is 0 Å². The molecule has 0 saturated carbocycles. The van der Waals surface area contributed by atoms with E-state index in [4.69, 9.17) is 16.8 Å². The SMILES string of the molecule is O/N=C(\CCl)c1ccc(Br)cc1. The molecule has 0 saturated heterocycles. The van der Waals surface area contributed by atoms with Gasteiger partial charge in [-0.2, -0.15) is 0 Å². The molecule has 0 amide bonds. The molecule has 64 valence electrons. The summed E-state index contributed by atoms with van der Waals surface area (Å²) in [6, 6.07) is 7.41. The summed E-state index contributed by atoms with van der Waals surface area (Å²) in [4.78, 5) is 0. The number of halogens is 2. The van der Waals surface area contributed by atoms with Crippen LogP contribution >= 0.6 is 27.5 Å². The molecule has 0 unspecified atom stereocenters. The highest BCUT2D eigenvalue weighted by Crippen LogP contribution is 2.11. The summed E-state index contributed by atoms with van der Waals surface area (Å²) in [5.41, 5.74) is 1.31. The fraction of sp³-hybridized carbons (Fsp3) is 0.125. The summed E-state index contributed by atoms with van der Waals surface area (Å²) in [6.45, 7) is 0. The molecule has 0 radical (unpaired) electrons. The second-order valence-corrected chi connectivity index (χ2v) is 3.37. The van der Waals surface area contributed by atoms with Gasteiger partial charge >= 0.3 is 0 Å². The van der Waals surface area contributed by atoms with E-state index in [9.17, 15) is 0 Å². The maximum Gasteiger partial charge on any atom is 0.101 e. The third kappa shape index (κ3) is 2.22. The maximum atomic E-state index is 8.54. The van der Waals surface area contributed by atoms with Crippen molar-refractivity contribution in [1.82, 2.24) is 0 Å². The van der Waals surface area contributed by atoms with E-state index in [1.807, 2.05) is 24.3 Å². The van der Waals surface area contributed by atoms with Crippen molar-refractivity contribution >= 4 is 33.2 Å². The molecule has 2 nitrogen and oxygen atoms in total. The summed E-state index contributed by atoms with van der Waals surface area (Å²) in [5, 5.41) is 11.6. The van der Waals surface area contributed by atoms with Crippen LogP contribution in [0.1, 0.15) is 5.56 Å². The van der Waals surface area contributed by atoms with Gasteiger partial charge in [0.05, 0.1) is 5.88 Å². The lowest BCUT2D eigenvalue weighted by atomic mass is 10.1. The largest absolute Gasteiger partial charge is 0.411 e. The molecule has 0 heterocycles. The maximum absolute atomic E-state index is 8.54. The molecule has 1 aromatic rings. The molecule has 0 atom stereocenters. The minimum absolute atomic E-state index is 0.206. The van der Waals surface area contributed by atoms with Crippen molar-refractivity contribution in [2.24, 2.45) is 5.16 Å². The van der Waals surface area contributed by atoms with Crippen molar-refractivity contribution in [3.8, 4) is 0 Å². The summed E-state index contributed by atoms with van der Waals surface area (Å²) < 4.78 is 0.984. The van der Waals surface area contributed by atoms with Crippen molar-refractivity contribution in [2.45, 2.75) is 0 Å². The van der Waals surface area contributed by atoms with Crippen molar-refractivity contribution in [2.75, 3.05) is 5.88 Å². The summed E-state index contributed by atoms with van der Waals surface area (Å²) >= 11 is 8.84. The van der Waals surface area contributed by atoms with Crippen molar-refractivity contribution in [1.29, 1.82) is 0 Å². The predicted octanol–water partition coefficient (Wildman–Crippen LogP) is 2.87. The van der Waals surface area contributed by atoms with Gasteiger partial charge in [0.2, 0.25) is 0 Å². The second kappa shape index (κ2) is 4.48. The first-order valence-corrected chi connectivity index (χ1v) is 4.63. The molecule has 1 rings (SSSR count). The Morgan fingerprint density at radius 3 is 2.42 bits per heavy atom. The number of hydrogen-bond donors (Lipinski definition) is 1. The predicted molar refractivity (Wildman–Crippen MR) is 53.2 cm³/mol. The highest BCUT2D eigenvalue weighted by Gasteiger charge is 2.01. The number of rotatable bonds is 2. The molecule has 0 bridgehead atoms. The zero-order valence-corrected chi connectivity index (χ0v) is 8.51. The van der Waals surface area contributed by atoms with Crippen LogP contribution in [0, 0.1) is 0 Å². The molecule has 0 aromatic heterocycles. The van der Waals surface area contributed by atoms with Crippen LogP contribution in [0.15, 0.2) is 33.9 Å². The van der Waals surface area contributed by atoms with Gasteiger partial charge in [0, 0.05) is 10.0 Å². The molecule has 1 N–H and O–H groups in total. The standard InChI is InChI=1S/C8H7BrClNO/c9-7-3-1-6(2-4-7)8(5-10)11-12/h1-4,12H,5H2/b11-8+. The van der Waals surface area contributed by atoms with Crippen LogP contribution in [0.2, 0.25) is 0 Å². The Balaban J connectivity index is 2.96. The van der Waals surface area contributed by atoms with Gasteiger partial charge in [0.15, 0.2) is 0 Å². The minimum atomic E-state index is 0.206. The van der Waals surface area contributed by atoms with Crippen LogP contribution in [-0.2, 0) is 0 Å². The molecule has 1 aromatic carbocycles. The normalized spacial score (nSPS) is 11.7. The molecular formula is C8H7BrClNO. The second-order valence-electron chi connectivity index (χ2n) is 2.19. The quantitative estimate of drug-likeness (QED) is 0.371. The fourth-order valence-corrected chi connectivity index (χ4v) is 1.28. The Kier molecular flexibility index (Phi) is 3.56. The molecule has 0 aliphatic rings. The zero-order chi connectivity index (χ0) is 8.97. The Morgan fingerprint density at radius 2 is 2.00 bits per heavy atom. The van der Waals surface area contributed by atoms with Crippen LogP contribution in [0.5, 0.6) is 0 Å². The molecule has 4 heteroatoms. The molecular weight excluding hydrogens is 241 g/mol. The fourth-order valence-electron chi connectivity index (χ4n) is 0.804. The van der Waals surface area contributed by atoms with Gasteiger partial charge in [-0.25, -0.2) is 0 Å². The van der Waals surface area contributed by atoms with E-state index in [-0.39, 0.29) is 5.88 Å². The Labute approximate surface area is 84.0 Å². The Bertz CT molecular complexity index is 284. The van der Waals surface area contributed by atoms with Crippen molar-refractivity contribution in [3.05, 3.63) is 34.3 Å². The number of oxime groups is 1. The van der Waals surface area contributed by atoms with E-state index in [1.165, 1.54) is 0 Å². The van der Waals surface area contributed by atoms with E-state index >= 15 is 0 Å². The van der Waals surface area contributed by atoms with Gasteiger partial charge in [-0.1, -0.05) is 33.2 Å². The highest BCUT2D eigenvalue weighted by molar-refractivity contribution is 9.10. The minimum Gasteiger partial charge on any atom is -0.411 e. The summed E-state index contributed by atoms with van der Waals surface area (Å²) in [5.74, 6) is 0.206. The van der Waals surface area contributed by atoms with Gasteiger partial charge in [-0.15, -0.1) is 11.6 Å². The van der Waals surface area contributed by atoms with E-state index < -0.39 is 0 Å². The molecule has 12 heavy (non-hydrogen) atoms. The molecule has 0 aliphatic heterocycles. The molecule has 0 fully saturated rings. The lowest BCUT2D eigenvalue weighted by Gasteiger charge is -1.99. The molecule has 0 aliphatic carbocycles. The van der Waals surface area contributed by atoms with Gasteiger partial charge in [-0.3, -0.25) is 0 Å². The summed E-state index contributed by atoms with van der Waals surface area (Å²) in [7, 11) is 0. The van der Waals surface area contributed by atoms with E-state index in [0.29, 0.717) is 5.71 Å². The third-order valence-corrected chi connectivity index (χ3v) is 2.21. The number of benzene rings is 1. The van der Waals surface area contributed by atoms with Crippen LogP contribution in [0.3, 0.4) is 0 Å². The van der Waals surface area contributed by atoms with E-state index in [2.05, 4.69) is 21.1 Å². The van der Waals surface area contributed by atoms with Crippen LogP contribution in [-0.4, -0.2) is 16.8 Å². The monoisotopic (exact) mass is 247 g/mol. The average molecular weight is 249 g/mol. The lowest BCUT2D eigenvalue weighted by molar-refractivity contribution is 0.319.